The summed E-state index contributed by atoms with van der Waals surface area (Å²) in [6.45, 7) is 0. The average molecular weight is 207 g/mol. The summed E-state index contributed by atoms with van der Waals surface area (Å²) in [4.78, 5) is 4.06. The van der Waals surface area contributed by atoms with Crippen molar-refractivity contribution in [1.29, 1.82) is 0 Å². The van der Waals surface area contributed by atoms with Crippen LogP contribution in [0.1, 0.15) is 0 Å². The van der Waals surface area contributed by atoms with Crippen molar-refractivity contribution in [3.05, 3.63) is 30.3 Å². The van der Waals surface area contributed by atoms with E-state index in [-0.39, 0.29) is 5.75 Å². The number of hydrogen-bond donors (Lipinski definition) is 0. The monoisotopic (exact) mass is 207 g/mol. The summed E-state index contributed by atoms with van der Waals surface area (Å²) in [5.41, 5.74) is 0.730. The summed E-state index contributed by atoms with van der Waals surface area (Å²) >= 11 is 0. The predicted molar refractivity (Wildman–Crippen MR) is 52.9 cm³/mol. The van der Waals surface area contributed by atoms with E-state index < -0.39 is 5.82 Å². The van der Waals surface area contributed by atoms with E-state index in [1.165, 1.54) is 13.2 Å². The number of methoxy groups -OCH3 is 1. The lowest BCUT2D eigenvalue weighted by Gasteiger charge is -2.02. The summed E-state index contributed by atoms with van der Waals surface area (Å²) in [5, 5.41) is 4.11. The van der Waals surface area contributed by atoms with E-state index in [9.17, 15) is 4.39 Å². The van der Waals surface area contributed by atoms with Crippen molar-refractivity contribution in [3.8, 4) is 17.1 Å². The van der Waals surface area contributed by atoms with E-state index in [1.54, 1.807) is 30.2 Å². The largest absolute Gasteiger partial charge is 0.494 e. The first-order valence-electron chi connectivity index (χ1n) is 4.40. The van der Waals surface area contributed by atoms with E-state index in [0.29, 0.717) is 5.82 Å². The SMILES string of the molecule is COc1cc(-c2ncn(C)n2)ccc1F. The number of aryl methyl sites for hydroxylation is 1. The Bertz CT molecular complexity index is 481. The van der Waals surface area contributed by atoms with Crippen molar-refractivity contribution < 1.29 is 9.13 Å². The van der Waals surface area contributed by atoms with Gasteiger partial charge in [0, 0.05) is 12.6 Å². The van der Waals surface area contributed by atoms with Gasteiger partial charge in [0.05, 0.1) is 7.11 Å². The van der Waals surface area contributed by atoms with E-state index >= 15 is 0 Å². The summed E-state index contributed by atoms with van der Waals surface area (Å²) in [5.74, 6) is 0.355. The van der Waals surface area contributed by atoms with Gasteiger partial charge in [-0.2, -0.15) is 5.10 Å². The lowest BCUT2D eigenvalue weighted by Crippen LogP contribution is -1.91. The Balaban J connectivity index is 2.45. The first-order valence-corrected chi connectivity index (χ1v) is 4.40. The predicted octanol–water partition coefficient (Wildman–Crippen LogP) is 1.63. The average Bonchev–Trinajstić information content (AvgIpc) is 2.66. The van der Waals surface area contributed by atoms with E-state index in [1.807, 2.05) is 0 Å². The number of ether oxygens (including phenoxy) is 1. The van der Waals surface area contributed by atoms with Gasteiger partial charge in [0.1, 0.15) is 6.33 Å². The van der Waals surface area contributed by atoms with E-state index in [4.69, 9.17) is 4.74 Å². The van der Waals surface area contributed by atoms with Crippen molar-refractivity contribution in [3.63, 3.8) is 0 Å². The molecule has 0 bridgehead atoms. The number of halogens is 1. The molecule has 2 aromatic rings. The molecule has 1 aromatic carbocycles. The minimum atomic E-state index is -0.391. The first-order chi connectivity index (χ1) is 7.20. The van der Waals surface area contributed by atoms with Gasteiger partial charge in [0.25, 0.3) is 0 Å². The highest BCUT2D eigenvalue weighted by Crippen LogP contribution is 2.23. The smallest absolute Gasteiger partial charge is 0.181 e. The van der Waals surface area contributed by atoms with Gasteiger partial charge in [0.2, 0.25) is 0 Å². The second-order valence-corrected chi connectivity index (χ2v) is 3.09. The van der Waals surface area contributed by atoms with Crippen molar-refractivity contribution in [1.82, 2.24) is 14.8 Å². The molecule has 4 nitrogen and oxygen atoms in total. The van der Waals surface area contributed by atoms with E-state index in [2.05, 4.69) is 10.1 Å². The zero-order valence-electron chi connectivity index (χ0n) is 8.44. The maximum atomic E-state index is 13.1. The van der Waals surface area contributed by atoms with Crippen LogP contribution in [0.25, 0.3) is 11.4 Å². The highest BCUT2D eigenvalue weighted by molar-refractivity contribution is 5.57. The molecule has 15 heavy (non-hydrogen) atoms. The number of benzene rings is 1. The molecule has 0 aliphatic heterocycles. The second kappa shape index (κ2) is 3.68. The van der Waals surface area contributed by atoms with E-state index in [0.717, 1.165) is 5.56 Å². The van der Waals surface area contributed by atoms with Crippen LogP contribution in [0.3, 0.4) is 0 Å². The fourth-order valence-corrected chi connectivity index (χ4v) is 1.27. The van der Waals surface area contributed by atoms with Gasteiger partial charge in [0.15, 0.2) is 17.4 Å². The Hall–Kier alpha value is -1.91. The molecule has 1 aromatic heterocycles. The molecule has 78 valence electrons. The summed E-state index contributed by atoms with van der Waals surface area (Å²) in [7, 11) is 3.20. The van der Waals surface area contributed by atoms with Gasteiger partial charge in [-0.05, 0) is 18.2 Å². The third-order valence-electron chi connectivity index (χ3n) is 2.01. The molecule has 0 aliphatic carbocycles. The van der Waals surface area contributed by atoms with Crippen LogP contribution in [0.15, 0.2) is 24.5 Å². The highest BCUT2D eigenvalue weighted by atomic mass is 19.1. The van der Waals surface area contributed by atoms with Crippen molar-refractivity contribution in [2.24, 2.45) is 7.05 Å². The number of aromatic nitrogens is 3. The van der Waals surface area contributed by atoms with Gasteiger partial charge in [-0.1, -0.05) is 0 Å². The summed E-state index contributed by atoms with van der Waals surface area (Å²) < 4.78 is 19.6. The quantitative estimate of drug-likeness (QED) is 0.751. The first kappa shape index (κ1) is 9.64. The molecule has 0 aliphatic rings. The maximum absolute atomic E-state index is 13.1. The fraction of sp³-hybridized carbons (Fsp3) is 0.200. The molecule has 0 radical (unpaired) electrons. The zero-order valence-corrected chi connectivity index (χ0v) is 8.44. The standard InChI is InChI=1S/C10H10FN3O/c1-14-6-12-10(13-14)7-3-4-8(11)9(5-7)15-2/h3-6H,1-2H3. The van der Waals surface area contributed by atoms with Gasteiger partial charge in [-0.3, -0.25) is 4.68 Å². The molecule has 0 saturated heterocycles. The molecule has 0 unspecified atom stereocenters. The maximum Gasteiger partial charge on any atom is 0.181 e. The number of hydrogen-bond acceptors (Lipinski definition) is 3. The van der Waals surface area contributed by atoms with Crippen LogP contribution < -0.4 is 4.74 Å². The van der Waals surface area contributed by atoms with Crippen LogP contribution in [-0.2, 0) is 7.05 Å². The Morgan fingerprint density at radius 3 is 2.80 bits per heavy atom. The molecule has 0 atom stereocenters. The Kier molecular flexibility index (Phi) is 2.37. The minimum Gasteiger partial charge on any atom is -0.494 e. The molecule has 0 saturated carbocycles. The lowest BCUT2D eigenvalue weighted by atomic mass is 10.2. The van der Waals surface area contributed by atoms with Gasteiger partial charge in [-0.15, -0.1) is 0 Å². The molecule has 5 heteroatoms. The molecular formula is C10H10FN3O. The lowest BCUT2D eigenvalue weighted by molar-refractivity contribution is 0.386. The van der Waals surface area contributed by atoms with Crippen LogP contribution in [0.4, 0.5) is 4.39 Å². The van der Waals surface area contributed by atoms with Crippen LogP contribution in [0.5, 0.6) is 5.75 Å². The number of rotatable bonds is 2. The van der Waals surface area contributed by atoms with Gasteiger partial charge >= 0.3 is 0 Å². The summed E-state index contributed by atoms with van der Waals surface area (Å²) in [6.07, 6.45) is 1.59. The number of nitrogens with zero attached hydrogens (tertiary/aromatic N) is 3. The van der Waals surface area contributed by atoms with Crippen molar-refractivity contribution in [2.45, 2.75) is 0 Å². The second-order valence-electron chi connectivity index (χ2n) is 3.09. The van der Waals surface area contributed by atoms with Gasteiger partial charge < -0.3 is 4.74 Å². The highest BCUT2D eigenvalue weighted by Gasteiger charge is 2.07. The van der Waals surface area contributed by atoms with Crippen LogP contribution in [0, 0.1) is 5.82 Å². The Morgan fingerprint density at radius 1 is 1.40 bits per heavy atom. The summed E-state index contributed by atoms with van der Waals surface area (Å²) in [6, 6.07) is 4.53. The third-order valence-corrected chi connectivity index (χ3v) is 2.01. The van der Waals surface area contributed by atoms with Crippen LogP contribution in [0.2, 0.25) is 0 Å². The molecule has 2 rings (SSSR count). The van der Waals surface area contributed by atoms with Crippen molar-refractivity contribution >= 4 is 0 Å². The van der Waals surface area contributed by atoms with Gasteiger partial charge in [-0.25, -0.2) is 9.37 Å². The van der Waals surface area contributed by atoms with Crippen LogP contribution in [-0.4, -0.2) is 21.9 Å². The Labute approximate surface area is 86.3 Å². The molecule has 0 amide bonds. The molecule has 0 fully saturated rings. The third kappa shape index (κ3) is 1.81. The Morgan fingerprint density at radius 2 is 2.20 bits per heavy atom. The molecule has 0 N–H and O–H groups in total. The zero-order chi connectivity index (χ0) is 10.8. The topological polar surface area (TPSA) is 39.9 Å². The van der Waals surface area contributed by atoms with Crippen molar-refractivity contribution in [2.75, 3.05) is 7.11 Å². The van der Waals surface area contributed by atoms with Crippen LogP contribution >= 0.6 is 0 Å². The normalized spacial score (nSPS) is 10.3. The molecular weight excluding hydrogens is 197 g/mol. The minimum absolute atomic E-state index is 0.194. The molecule has 0 spiro atoms. The fourth-order valence-electron chi connectivity index (χ4n) is 1.27. The molecule has 1 heterocycles.